The van der Waals surface area contributed by atoms with Crippen LogP contribution in [0.2, 0.25) is 0 Å². The molecule has 7 nitrogen and oxygen atoms in total. The van der Waals surface area contributed by atoms with E-state index < -0.39 is 0 Å². The van der Waals surface area contributed by atoms with Gasteiger partial charge in [-0.1, -0.05) is 6.92 Å². The summed E-state index contributed by atoms with van der Waals surface area (Å²) in [5.74, 6) is 1.73. The van der Waals surface area contributed by atoms with E-state index in [4.69, 9.17) is 4.74 Å². The first-order valence-corrected chi connectivity index (χ1v) is 8.28. The van der Waals surface area contributed by atoms with E-state index in [1.165, 1.54) is 0 Å². The topological polar surface area (TPSA) is 73.1 Å². The molecule has 1 aliphatic rings. The van der Waals surface area contributed by atoms with Gasteiger partial charge in [0.25, 0.3) is 0 Å². The fourth-order valence-corrected chi connectivity index (χ4v) is 3.01. The van der Waals surface area contributed by atoms with Gasteiger partial charge in [0.2, 0.25) is 5.91 Å². The lowest BCUT2D eigenvalue weighted by atomic mass is 10.1. The summed E-state index contributed by atoms with van der Waals surface area (Å²) in [6, 6.07) is 1.93. The molecule has 1 atom stereocenters. The molecule has 0 aliphatic carbocycles. The van der Waals surface area contributed by atoms with Gasteiger partial charge in [-0.15, -0.1) is 0 Å². The molecule has 0 N–H and O–H groups in total. The van der Waals surface area contributed by atoms with Gasteiger partial charge < -0.3 is 14.2 Å². The van der Waals surface area contributed by atoms with Crippen molar-refractivity contribution in [3.05, 3.63) is 41.5 Å². The standard InChI is InChI=1S/C17H23N5O2/c1-4-16-18-5-6-21(16)11-17(23)22-7-8-24-15(10-22)14-9-12(2)19-13(3)20-14/h5-6,9,15H,4,7-8,10-11H2,1-3H3. The van der Waals surface area contributed by atoms with Crippen LogP contribution >= 0.6 is 0 Å². The molecule has 3 rings (SSSR count). The summed E-state index contributed by atoms with van der Waals surface area (Å²) in [5, 5.41) is 0. The van der Waals surface area contributed by atoms with Crippen LogP contribution in [-0.2, 0) is 22.5 Å². The monoisotopic (exact) mass is 329 g/mol. The second-order valence-corrected chi connectivity index (χ2v) is 6.01. The third kappa shape index (κ3) is 3.62. The van der Waals surface area contributed by atoms with E-state index in [0.717, 1.165) is 29.5 Å². The van der Waals surface area contributed by atoms with E-state index in [1.54, 1.807) is 6.20 Å². The largest absolute Gasteiger partial charge is 0.368 e. The number of amides is 1. The number of aromatic nitrogens is 4. The van der Waals surface area contributed by atoms with Crippen molar-refractivity contribution in [2.24, 2.45) is 0 Å². The minimum absolute atomic E-state index is 0.0819. The highest BCUT2D eigenvalue weighted by molar-refractivity contribution is 5.76. The van der Waals surface area contributed by atoms with Crippen LogP contribution < -0.4 is 0 Å². The molecule has 0 spiro atoms. The first-order valence-electron chi connectivity index (χ1n) is 8.28. The van der Waals surface area contributed by atoms with Gasteiger partial charge in [0.1, 0.15) is 24.3 Å². The lowest BCUT2D eigenvalue weighted by Gasteiger charge is -2.33. The van der Waals surface area contributed by atoms with Gasteiger partial charge >= 0.3 is 0 Å². The van der Waals surface area contributed by atoms with Crippen molar-refractivity contribution in [3.63, 3.8) is 0 Å². The lowest BCUT2D eigenvalue weighted by molar-refractivity contribution is -0.139. The molecule has 24 heavy (non-hydrogen) atoms. The second kappa shape index (κ2) is 7.09. The number of hydrogen-bond acceptors (Lipinski definition) is 5. The van der Waals surface area contributed by atoms with Gasteiger partial charge in [0.05, 0.1) is 18.8 Å². The predicted molar refractivity (Wildman–Crippen MR) is 88.4 cm³/mol. The summed E-state index contributed by atoms with van der Waals surface area (Å²) >= 11 is 0. The minimum atomic E-state index is -0.198. The summed E-state index contributed by atoms with van der Waals surface area (Å²) in [5.41, 5.74) is 1.75. The molecular formula is C17H23N5O2. The van der Waals surface area contributed by atoms with Crippen LogP contribution in [0.15, 0.2) is 18.5 Å². The highest BCUT2D eigenvalue weighted by Gasteiger charge is 2.27. The van der Waals surface area contributed by atoms with Gasteiger partial charge in [-0.05, 0) is 19.9 Å². The highest BCUT2D eigenvalue weighted by Crippen LogP contribution is 2.21. The van der Waals surface area contributed by atoms with Crippen LogP contribution in [0.3, 0.4) is 0 Å². The number of aryl methyl sites for hydroxylation is 3. The SMILES string of the molecule is CCc1nccn1CC(=O)N1CCOC(c2cc(C)nc(C)n2)C1. The van der Waals surface area contributed by atoms with E-state index >= 15 is 0 Å². The zero-order chi connectivity index (χ0) is 17.1. The molecule has 1 saturated heterocycles. The molecule has 0 bridgehead atoms. The van der Waals surface area contributed by atoms with E-state index in [2.05, 4.69) is 15.0 Å². The molecule has 7 heteroatoms. The van der Waals surface area contributed by atoms with Gasteiger partial charge in [-0.25, -0.2) is 15.0 Å². The molecule has 1 amide bonds. The summed E-state index contributed by atoms with van der Waals surface area (Å²) in [6.45, 7) is 7.80. The van der Waals surface area contributed by atoms with Crippen LogP contribution in [0.25, 0.3) is 0 Å². The molecule has 0 aromatic carbocycles. The molecule has 0 saturated carbocycles. The average molecular weight is 329 g/mol. The maximum atomic E-state index is 12.6. The van der Waals surface area contributed by atoms with Crippen molar-refractivity contribution in [2.45, 2.75) is 39.8 Å². The first kappa shape index (κ1) is 16.6. The van der Waals surface area contributed by atoms with Gasteiger partial charge in [-0.3, -0.25) is 4.79 Å². The van der Waals surface area contributed by atoms with Gasteiger partial charge in [-0.2, -0.15) is 0 Å². The molecule has 128 valence electrons. The Morgan fingerprint density at radius 1 is 1.38 bits per heavy atom. The Hall–Kier alpha value is -2.28. The van der Waals surface area contributed by atoms with E-state index in [0.29, 0.717) is 26.2 Å². The zero-order valence-corrected chi connectivity index (χ0v) is 14.4. The number of ether oxygens (including phenoxy) is 1. The molecule has 2 aromatic rings. The molecule has 1 fully saturated rings. The molecule has 2 aromatic heterocycles. The average Bonchev–Trinajstić information content (AvgIpc) is 3.01. The van der Waals surface area contributed by atoms with Crippen LogP contribution in [0.1, 0.15) is 36.1 Å². The number of nitrogens with zero attached hydrogens (tertiary/aromatic N) is 5. The van der Waals surface area contributed by atoms with E-state index in [9.17, 15) is 4.79 Å². The number of carbonyl (C=O) groups is 1. The summed E-state index contributed by atoms with van der Waals surface area (Å²) in [6.07, 6.45) is 4.20. The Kier molecular flexibility index (Phi) is 4.89. The van der Waals surface area contributed by atoms with Gasteiger partial charge in [0.15, 0.2) is 0 Å². The quantitative estimate of drug-likeness (QED) is 0.849. The highest BCUT2D eigenvalue weighted by atomic mass is 16.5. The Morgan fingerprint density at radius 3 is 2.96 bits per heavy atom. The normalized spacial score (nSPS) is 18.0. The Balaban J connectivity index is 1.69. The molecular weight excluding hydrogens is 306 g/mol. The number of hydrogen-bond donors (Lipinski definition) is 0. The Morgan fingerprint density at radius 2 is 2.21 bits per heavy atom. The van der Waals surface area contributed by atoms with Crippen molar-refractivity contribution >= 4 is 5.91 Å². The van der Waals surface area contributed by atoms with Crippen LogP contribution in [-0.4, -0.2) is 50.0 Å². The third-order valence-electron chi connectivity index (χ3n) is 4.16. The summed E-state index contributed by atoms with van der Waals surface area (Å²) < 4.78 is 7.74. The van der Waals surface area contributed by atoms with E-state index in [1.807, 2.05) is 42.5 Å². The van der Waals surface area contributed by atoms with Crippen LogP contribution in [0.5, 0.6) is 0 Å². The zero-order valence-electron chi connectivity index (χ0n) is 14.4. The predicted octanol–water partition coefficient (Wildman–Crippen LogP) is 1.45. The summed E-state index contributed by atoms with van der Waals surface area (Å²) in [7, 11) is 0. The number of rotatable bonds is 4. The fourth-order valence-electron chi connectivity index (χ4n) is 3.01. The summed E-state index contributed by atoms with van der Waals surface area (Å²) in [4.78, 5) is 27.5. The van der Waals surface area contributed by atoms with Crippen molar-refractivity contribution in [3.8, 4) is 0 Å². The number of carbonyl (C=O) groups excluding carboxylic acids is 1. The van der Waals surface area contributed by atoms with Crippen molar-refractivity contribution in [1.29, 1.82) is 0 Å². The first-order chi connectivity index (χ1) is 11.6. The third-order valence-corrected chi connectivity index (χ3v) is 4.16. The molecule has 0 radical (unpaired) electrons. The maximum Gasteiger partial charge on any atom is 0.242 e. The van der Waals surface area contributed by atoms with Crippen molar-refractivity contribution < 1.29 is 9.53 Å². The molecule has 3 heterocycles. The van der Waals surface area contributed by atoms with E-state index in [-0.39, 0.29) is 12.0 Å². The molecule has 1 aliphatic heterocycles. The van der Waals surface area contributed by atoms with Crippen molar-refractivity contribution in [2.75, 3.05) is 19.7 Å². The lowest BCUT2D eigenvalue weighted by Crippen LogP contribution is -2.44. The fraction of sp³-hybridized carbons (Fsp3) is 0.529. The smallest absolute Gasteiger partial charge is 0.242 e. The maximum absolute atomic E-state index is 12.6. The minimum Gasteiger partial charge on any atom is -0.368 e. The second-order valence-electron chi connectivity index (χ2n) is 6.01. The Bertz CT molecular complexity index is 707. The molecule has 1 unspecified atom stereocenters. The van der Waals surface area contributed by atoms with Crippen LogP contribution in [0.4, 0.5) is 0 Å². The van der Waals surface area contributed by atoms with Gasteiger partial charge in [0, 0.05) is 31.1 Å². The number of imidazole rings is 1. The van der Waals surface area contributed by atoms with Crippen LogP contribution in [0, 0.1) is 13.8 Å². The number of morpholine rings is 1. The Labute approximate surface area is 141 Å². The van der Waals surface area contributed by atoms with Crippen molar-refractivity contribution in [1.82, 2.24) is 24.4 Å².